The monoisotopic (exact) mass is 421 g/mol. The molecular weight excluding hydrogens is 406 g/mol. The Hall–Kier alpha value is -3.17. The summed E-state index contributed by atoms with van der Waals surface area (Å²) in [6, 6.07) is 19.6. The Morgan fingerprint density at radius 1 is 1.15 bits per heavy atom. The van der Waals surface area contributed by atoms with Crippen molar-refractivity contribution in [3.8, 4) is 11.8 Å². The molecular formula is C21H16BrN3O2. The normalized spacial score (nSPS) is 10.3. The molecule has 0 aliphatic rings. The highest BCUT2D eigenvalue weighted by Gasteiger charge is 2.15. The van der Waals surface area contributed by atoms with Gasteiger partial charge in [0.15, 0.2) is 0 Å². The number of aryl methyl sites for hydroxylation is 1. The lowest BCUT2D eigenvalue weighted by Crippen LogP contribution is -2.33. The minimum atomic E-state index is -0.440. The van der Waals surface area contributed by atoms with Crippen LogP contribution < -0.4 is 10.9 Å². The number of amides is 1. The molecule has 0 unspecified atom stereocenters. The van der Waals surface area contributed by atoms with Crippen molar-refractivity contribution in [3.63, 3.8) is 0 Å². The zero-order valence-electron chi connectivity index (χ0n) is 14.6. The SMILES string of the molecule is Cc1ccc(C(=O)NCc2cccc(Br)c2)c(=O)n1-c1cccc(C#N)c1. The smallest absolute Gasteiger partial charge is 0.268 e. The van der Waals surface area contributed by atoms with E-state index >= 15 is 0 Å². The van der Waals surface area contributed by atoms with E-state index in [1.54, 1.807) is 37.3 Å². The van der Waals surface area contributed by atoms with Gasteiger partial charge in [0.1, 0.15) is 5.56 Å². The minimum Gasteiger partial charge on any atom is -0.348 e. The Morgan fingerprint density at radius 3 is 2.67 bits per heavy atom. The van der Waals surface area contributed by atoms with Gasteiger partial charge in [-0.3, -0.25) is 14.2 Å². The summed E-state index contributed by atoms with van der Waals surface area (Å²) in [6.07, 6.45) is 0. The van der Waals surface area contributed by atoms with Gasteiger partial charge in [-0.2, -0.15) is 5.26 Å². The average molecular weight is 422 g/mol. The third kappa shape index (κ3) is 4.15. The zero-order chi connectivity index (χ0) is 19.4. The molecule has 1 heterocycles. The second-order valence-electron chi connectivity index (χ2n) is 6.00. The van der Waals surface area contributed by atoms with Crippen LogP contribution in [0.1, 0.15) is 27.2 Å². The summed E-state index contributed by atoms with van der Waals surface area (Å²) in [7, 11) is 0. The molecule has 27 heavy (non-hydrogen) atoms. The molecule has 0 aliphatic carbocycles. The van der Waals surface area contributed by atoms with E-state index in [2.05, 4.69) is 27.3 Å². The Balaban J connectivity index is 1.91. The Morgan fingerprint density at radius 2 is 1.93 bits per heavy atom. The van der Waals surface area contributed by atoms with Gasteiger partial charge < -0.3 is 5.32 Å². The van der Waals surface area contributed by atoms with E-state index in [4.69, 9.17) is 5.26 Å². The van der Waals surface area contributed by atoms with Crippen LogP contribution in [0.15, 0.2) is 69.9 Å². The first-order valence-electron chi connectivity index (χ1n) is 8.25. The van der Waals surface area contributed by atoms with E-state index in [-0.39, 0.29) is 5.56 Å². The van der Waals surface area contributed by atoms with Gasteiger partial charge in [-0.15, -0.1) is 0 Å². The first-order chi connectivity index (χ1) is 13.0. The fourth-order valence-electron chi connectivity index (χ4n) is 2.76. The number of pyridine rings is 1. The second kappa shape index (κ2) is 8.02. The quantitative estimate of drug-likeness (QED) is 0.697. The minimum absolute atomic E-state index is 0.0537. The molecule has 0 atom stereocenters. The van der Waals surface area contributed by atoms with Crippen LogP contribution in [-0.4, -0.2) is 10.5 Å². The average Bonchev–Trinajstić information content (AvgIpc) is 2.66. The van der Waals surface area contributed by atoms with E-state index in [9.17, 15) is 9.59 Å². The van der Waals surface area contributed by atoms with E-state index in [0.717, 1.165) is 10.0 Å². The van der Waals surface area contributed by atoms with Crippen LogP contribution in [0.3, 0.4) is 0 Å². The molecule has 0 saturated carbocycles. The molecule has 2 aromatic carbocycles. The van der Waals surface area contributed by atoms with Crippen molar-refractivity contribution < 1.29 is 4.79 Å². The van der Waals surface area contributed by atoms with E-state index in [1.807, 2.05) is 24.3 Å². The lowest BCUT2D eigenvalue weighted by Gasteiger charge is -2.12. The van der Waals surface area contributed by atoms with Crippen molar-refractivity contribution in [2.24, 2.45) is 0 Å². The lowest BCUT2D eigenvalue weighted by atomic mass is 10.1. The van der Waals surface area contributed by atoms with Gasteiger partial charge in [-0.1, -0.05) is 34.1 Å². The predicted molar refractivity (Wildman–Crippen MR) is 107 cm³/mol. The topological polar surface area (TPSA) is 74.9 Å². The largest absolute Gasteiger partial charge is 0.348 e. The number of rotatable bonds is 4. The standard InChI is InChI=1S/C21H16BrN3O2/c1-14-8-9-19(20(26)24-13-16-5-2-6-17(22)10-16)21(27)25(14)18-7-3-4-15(11-18)12-23/h2-11H,13H2,1H3,(H,24,26). The van der Waals surface area contributed by atoms with Crippen molar-refractivity contribution in [2.75, 3.05) is 0 Å². The maximum absolute atomic E-state index is 12.9. The van der Waals surface area contributed by atoms with Gasteiger partial charge in [0.2, 0.25) is 0 Å². The summed E-state index contributed by atoms with van der Waals surface area (Å²) in [6.45, 7) is 2.10. The van der Waals surface area contributed by atoms with Crippen LogP contribution in [-0.2, 0) is 6.54 Å². The number of benzene rings is 2. The number of nitriles is 1. The summed E-state index contributed by atoms with van der Waals surface area (Å²) in [5.74, 6) is -0.440. The molecule has 1 N–H and O–H groups in total. The highest BCUT2D eigenvalue weighted by molar-refractivity contribution is 9.10. The van der Waals surface area contributed by atoms with Crippen molar-refractivity contribution in [3.05, 3.63) is 97.9 Å². The van der Waals surface area contributed by atoms with Crippen LogP contribution >= 0.6 is 15.9 Å². The van der Waals surface area contributed by atoms with Crippen LogP contribution in [0.4, 0.5) is 0 Å². The molecule has 3 rings (SSSR count). The highest BCUT2D eigenvalue weighted by Crippen LogP contribution is 2.13. The number of hydrogen-bond acceptors (Lipinski definition) is 3. The first kappa shape index (κ1) is 18.6. The Labute approximate surface area is 165 Å². The predicted octanol–water partition coefficient (Wildman–Crippen LogP) is 3.71. The molecule has 0 radical (unpaired) electrons. The Bertz CT molecular complexity index is 1110. The number of nitrogens with one attached hydrogen (secondary N) is 1. The van der Waals surface area contributed by atoms with Crippen molar-refractivity contribution >= 4 is 21.8 Å². The van der Waals surface area contributed by atoms with Gasteiger partial charge >= 0.3 is 0 Å². The molecule has 1 aromatic heterocycles. The van der Waals surface area contributed by atoms with Gasteiger partial charge in [0, 0.05) is 16.7 Å². The number of carbonyl (C=O) groups excluding carboxylic acids is 1. The van der Waals surface area contributed by atoms with Gasteiger partial charge in [-0.25, -0.2) is 0 Å². The maximum Gasteiger partial charge on any atom is 0.268 e. The molecule has 0 bridgehead atoms. The van der Waals surface area contributed by atoms with Crippen LogP contribution in [0, 0.1) is 18.3 Å². The van der Waals surface area contributed by atoms with Gasteiger partial charge in [-0.05, 0) is 55.0 Å². The van der Waals surface area contributed by atoms with Crippen LogP contribution in [0.25, 0.3) is 5.69 Å². The van der Waals surface area contributed by atoms with Crippen molar-refractivity contribution in [2.45, 2.75) is 13.5 Å². The van der Waals surface area contributed by atoms with Gasteiger partial charge in [0.05, 0.1) is 17.3 Å². The lowest BCUT2D eigenvalue weighted by molar-refractivity contribution is 0.0949. The number of carbonyl (C=O) groups is 1. The van der Waals surface area contributed by atoms with Gasteiger partial charge in [0.25, 0.3) is 11.5 Å². The highest BCUT2D eigenvalue weighted by atomic mass is 79.9. The van der Waals surface area contributed by atoms with E-state index in [0.29, 0.717) is 23.5 Å². The first-order valence-corrected chi connectivity index (χ1v) is 9.05. The summed E-state index contributed by atoms with van der Waals surface area (Å²) >= 11 is 3.39. The molecule has 5 nitrogen and oxygen atoms in total. The fourth-order valence-corrected chi connectivity index (χ4v) is 3.21. The second-order valence-corrected chi connectivity index (χ2v) is 6.92. The zero-order valence-corrected chi connectivity index (χ0v) is 16.2. The molecule has 0 fully saturated rings. The molecule has 0 spiro atoms. The molecule has 134 valence electrons. The molecule has 0 saturated heterocycles. The molecule has 0 aliphatic heterocycles. The molecule has 1 amide bonds. The number of halogens is 1. The third-order valence-corrected chi connectivity index (χ3v) is 4.59. The summed E-state index contributed by atoms with van der Waals surface area (Å²) in [5.41, 5.74) is 2.24. The number of nitrogens with zero attached hydrogens (tertiary/aromatic N) is 2. The van der Waals surface area contributed by atoms with Crippen molar-refractivity contribution in [1.82, 2.24) is 9.88 Å². The summed E-state index contributed by atoms with van der Waals surface area (Å²) in [4.78, 5) is 25.5. The van der Waals surface area contributed by atoms with Crippen LogP contribution in [0.5, 0.6) is 0 Å². The van der Waals surface area contributed by atoms with Crippen molar-refractivity contribution in [1.29, 1.82) is 5.26 Å². The van der Waals surface area contributed by atoms with E-state index in [1.165, 1.54) is 10.6 Å². The molecule has 6 heteroatoms. The Kier molecular flexibility index (Phi) is 5.53. The number of aromatic nitrogens is 1. The maximum atomic E-state index is 12.9. The molecule has 3 aromatic rings. The third-order valence-electron chi connectivity index (χ3n) is 4.10. The van der Waals surface area contributed by atoms with Crippen LogP contribution in [0.2, 0.25) is 0 Å². The summed E-state index contributed by atoms with van der Waals surface area (Å²) < 4.78 is 2.36. The fraction of sp³-hybridized carbons (Fsp3) is 0.0952. The van der Waals surface area contributed by atoms with E-state index < -0.39 is 11.5 Å². The number of hydrogen-bond donors (Lipinski definition) is 1. The summed E-state index contributed by atoms with van der Waals surface area (Å²) in [5, 5.41) is 11.9.